The van der Waals surface area contributed by atoms with Crippen LogP contribution >= 0.6 is 0 Å². The first-order valence-corrected chi connectivity index (χ1v) is 10.4. The number of aliphatic hydroxyl groups is 1. The molecule has 2 fully saturated rings. The van der Waals surface area contributed by atoms with Crippen LogP contribution in [0.1, 0.15) is 83.1 Å². The summed E-state index contributed by atoms with van der Waals surface area (Å²) in [5.41, 5.74) is 0.945. The Morgan fingerprint density at radius 1 is 1.00 bits per heavy atom. The lowest BCUT2D eigenvalue weighted by Crippen LogP contribution is -2.31. The summed E-state index contributed by atoms with van der Waals surface area (Å²) >= 11 is 0. The highest BCUT2D eigenvalue weighted by atomic mass is 16.4. The Bertz CT molecular complexity index is 565. The number of hydrogen-bond donors (Lipinski definition) is 1. The second-order valence-electron chi connectivity index (χ2n) is 8.37. The molecule has 2 saturated carbocycles. The fraction of sp³-hybridized carbons (Fsp3) is 0.773. The second-order valence-corrected chi connectivity index (χ2v) is 8.37. The molecule has 1 aromatic heterocycles. The zero-order chi connectivity index (χ0) is 17.8. The molecule has 0 aliphatic heterocycles. The molecule has 1 N–H and O–H groups in total. The highest BCUT2D eigenvalue weighted by molar-refractivity contribution is 5.15. The third-order valence-corrected chi connectivity index (χ3v) is 7.11. The van der Waals surface area contributed by atoms with Crippen LogP contribution in [-0.2, 0) is 0 Å². The lowest BCUT2D eigenvalue weighted by molar-refractivity contribution is 0.0610. The van der Waals surface area contributed by atoms with Gasteiger partial charge in [-0.25, -0.2) is 4.79 Å². The first kappa shape index (κ1) is 18.7. The highest BCUT2D eigenvalue weighted by Crippen LogP contribution is 2.48. The molecular weight excluding hydrogens is 312 g/mol. The molecule has 0 spiro atoms. The van der Waals surface area contributed by atoms with Gasteiger partial charge in [0, 0.05) is 6.07 Å². The monoisotopic (exact) mass is 346 g/mol. The average Bonchev–Trinajstić information content (AvgIpc) is 3.11. The maximum absolute atomic E-state index is 11.2. The summed E-state index contributed by atoms with van der Waals surface area (Å²) in [6, 6.07) is 3.52. The minimum atomic E-state index is -0.254. The Kier molecular flexibility index (Phi) is 6.38. The normalized spacial score (nSPS) is 32.4. The van der Waals surface area contributed by atoms with Gasteiger partial charge in [-0.3, -0.25) is 0 Å². The molecule has 0 aromatic carbocycles. The van der Waals surface area contributed by atoms with E-state index in [1.807, 2.05) is 6.07 Å². The van der Waals surface area contributed by atoms with Crippen LogP contribution < -0.4 is 5.63 Å². The van der Waals surface area contributed by atoms with Crippen LogP contribution in [-0.4, -0.2) is 11.2 Å². The van der Waals surface area contributed by atoms with Crippen molar-refractivity contribution in [3.05, 3.63) is 34.4 Å². The van der Waals surface area contributed by atoms with Crippen molar-refractivity contribution in [1.82, 2.24) is 0 Å². The summed E-state index contributed by atoms with van der Waals surface area (Å²) in [7, 11) is 0. The Labute approximate surface area is 151 Å². The molecule has 2 aliphatic rings. The van der Waals surface area contributed by atoms with E-state index in [1.54, 1.807) is 12.3 Å². The maximum Gasteiger partial charge on any atom is 0.335 e. The van der Waals surface area contributed by atoms with E-state index in [9.17, 15) is 9.90 Å². The molecule has 2 aliphatic carbocycles. The number of rotatable bonds is 6. The van der Waals surface area contributed by atoms with Gasteiger partial charge in [0.2, 0.25) is 0 Å². The largest absolute Gasteiger partial charge is 0.431 e. The van der Waals surface area contributed by atoms with Crippen molar-refractivity contribution in [2.75, 3.05) is 0 Å². The fourth-order valence-electron chi connectivity index (χ4n) is 5.81. The van der Waals surface area contributed by atoms with Crippen LogP contribution in [0, 0.1) is 23.7 Å². The van der Waals surface area contributed by atoms with E-state index >= 15 is 0 Å². The van der Waals surface area contributed by atoms with E-state index in [1.165, 1.54) is 50.5 Å². The van der Waals surface area contributed by atoms with E-state index in [0.29, 0.717) is 5.92 Å². The van der Waals surface area contributed by atoms with Crippen LogP contribution in [0.4, 0.5) is 0 Å². The molecule has 3 nitrogen and oxygen atoms in total. The molecule has 4 atom stereocenters. The molecule has 0 bridgehead atoms. The minimum Gasteiger partial charge on any atom is -0.431 e. The molecule has 0 radical (unpaired) electrons. The molecule has 25 heavy (non-hydrogen) atoms. The van der Waals surface area contributed by atoms with Gasteiger partial charge in [-0.2, -0.15) is 0 Å². The third kappa shape index (κ3) is 4.36. The van der Waals surface area contributed by atoms with Crippen molar-refractivity contribution < 1.29 is 9.52 Å². The van der Waals surface area contributed by atoms with Gasteiger partial charge in [0.05, 0.1) is 12.4 Å². The standard InChI is InChI=1S/C22H34O3/c1-3-20(15-7-10-19(23)11-8-15)21(4-2)17-6-5-16(13-17)18-9-12-22(24)25-14-18/h9,12,14-17,19-21,23H,3-8,10-11,13H2,1-2H3. The summed E-state index contributed by atoms with van der Waals surface area (Å²) < 4.78 is 5.09. The Morgan fingerprint density at radius 3 is 2.24 bits per heavy atom. The van der Waals surface area contributed by atoms with Crippen molar-refractivity contribution in [2.24, 2.45) is 23.7 Å². The second kappa shape index (κ2) is 8.53. The van der Waals surface area contributed by atoms with Gasteiger partial charge in [-0.15, -0.1) is 0 Å². The fourth-order valence-corrected chi connectivity index (χ4v) is 5.81. The van der Waals surface area contributed by atoms with Gasteiger partial charge >= 0.3 is 5.63 Å². The SMILES string of the molecule is CCC(C1CCC(O)CC1)C(CC)C1CCC(c2ccc(=O)oc2)C1. The summed E-state index contributed by atoms with van der Waals surface area (Å²) in [5.74, 6) is 3.74. The lowest BCUT2D eigenvalue weighted by Gasteiger charge is -2.39. The first-order chi connectivity index (χ1) is 12.1. The van der Waals surface area contributed by atoms with Crippen LogP contribution in [0.25, 0.3) is 0 Å². The Hall–Kier alpha value is -1.09. The lowest BCUT2D eigenvalue weighted by atomic mass is 9.67. The van der Waals surface area contributed by atoms with Crippen molar-refractivity contribution in [3.63, 3.8) is 0 Å². The third-order valence-electron chi connectivity index (χ3n) is 7.11. The minimum absolute atomic E-state index is 0.0579. The predicted molar refractivity (Wildman–Crippen MR) is 101 cm³/mol. The molecule has 0 amide bonds. The van der Waals surface area contributed by atoms with E-state index in [0.717, 1.165) is 36.5 Å². The highest BCUT2D eigenvalue weighted by Gasteiger charge is 2.38. The van der Waals surface area contributed by atoms with Gasteiger partial charge in [-0.05, 0) is 86.2 Å². The number of hydrogen-bond acceptors (Lipinski definition) is 3. The van der Waals surface area contributed by atoms with Crippen LogP contribution in [0.15, 0.2) is 27.6 Å². The zero-order valence-corrected chi connectivity index (χ0v) is 15.8. The summed E-state index contributed by atoms with van der Waals surface area (Å²) in [5, 5.41) is 9.84. The molecule has 1 heterocycles. The quantitative estimate of drug-likeness (QED) is 0.777. The summed E-state index contributed by atoms with van der Waals surface area (Å²) in [4.78, 5) is 11.2. The van der Waals surface area contributed by atoms with E-state index in [2.05, 4.69) is 13.8 Å². The van der Waals surface area contributed by atoms with Crippen molar-refractivity contribution in [2.45, 2.75) is 83.7 Å². The molecule has 3 rings (SSSR count). The predicted octanol–water partition coefficient (Wildman–Crippen LogP) is 5.13. The van der Waals surface area contributed by atoms with Gasteiger partial charge in [-0.1, -0.05) is 26.7 Å². The van der Waals surface area contributed by atoms with Crippen LogP contribution in [0.3, 0.4) is 0 Å². The maximum atomic E-state index is 11.2. The molecule has 1 aromatic rings. The van der Waals surface area contributed by atoms with Crippen molar-refractivity contribution in [1.29, 1.82) is 0 Å². The molecule has 140 valence electrons. The molecule has 4 unspecified atom stereocenters. The van der Waals surface area contributed by atoms with Gasteiger partial charge in [0.25, 0.3) is 0 Å². The average molecular weight is 347 g/mol. The number of aliphatic hydroxyl groups excluding tert-OH is 1. The molecule has 0 saturated heterocycles. The Balaban J connectivity index is 1.65. The van der Waals surface area contributed by atoms with Crippen molar-refractivity contribution in [3.8, 4) is 0 Å². The van der Waals surface area contributed by atoms with Crippen LogP contribution in [0.2, 0.25) is 0 Å². The smallest absolute Gasteiger partial charge is 0.335 e. The topological polar surface area (TPSA) is 50.4 Å². The Morgan fingerprint density at radius 2 is 1.64 bits per heavy atom. The van der Waals surface area contributed by atoms with E-state index in [4.69, 9.17) is 4.42 Å². The van der Waals surface area contributed by atoms with E-state index in [-0.39, 0.29) is 11.7 Å². The first-order valence-electron chi connectivity index (χ1n) is 10.4. The van der Waals surface area contributed by atoms with Crippen molar-refractivity contribution >= 4 is 0 Å². The van der Waals surface area contributed by atoms with Gasteiger partial charge in [0.1, 0.15) is 0 Å². The van der Waals surface area contributed by atoms with Gasteiger partial charge < -0.3 is 9.52 Å². The van der Waals surface area contributed by atoms with E-state index < -0.39 is 0 Å². The summed E-state index contributed by atoms with van der Waals surface area (Å²) in [6.07, 6.45) is 12.3. The summed E-state index contributed by atoms with van der Waals surface area (Å²) in [6.45, 7) is 4.72. The van der Waals surface area contributed by atoms with Gasteiger partial charge in [0.15, 0.2) is 0 Å². The molecule has 3 heteroatoms. The van der Waals surface area contributed by atoms with Crippen LogP contribution in [0.5, 0.6) is 0 Å². The molecular formula is C22H34O3. The zero-order valence-electron chi connectivity index (χ0n) is 15.8.